The smallest absolute Gasteiger partial charge is 0.308 e. The quantitative estimate of drug-likeness (QED) is 0.677. The van der Waals surface area contributed by atoms with Crippen molar-refractivity contribution in [1.29, 1.82) is 0 Å². The molecule has 5 nitrogen and oxygen atoms in total. The number of methoxy groups -OCH3 is 1. The van der Waals surface area contributed by atoms with Crippen molar-refractivity contribution in [2.24, 2.45) is 0 Å². The molecule has 0 saturated carbocycles. The number of rotatable bonds is 3. The lowest BCUT2D eigenvalue weighted by Gasteiger charge is -2.24. The van der Waals surface area contributed by atoms with Gasteiger partial charge < -0.3 is 19.5 Å². The molecule has 0 bridgehead atoms. The summed E-state index contributed by atoms with van der Waals surface area (Å²) in [6.45, 7) is 3.57. The normalized spacial score (nSPS) is 18.3. The van der Waals surface area contributed by atoms with Crippen molar-refractivity contribution < 1.29 is 19.0 Å². The molecule has 1 aromatic rings. The molecule has 0 amide bonds. The third-order valence-corrected chi connectivity index (χ3v) is 2.77. The number of carbonyl (C=O) groups excluding carboxylic acids is 1. The van der Waals surface area contributed by atoms with E-state index in [0.29, 0.717) is 18.1 Å². The minimum absolute atomic E-state index is 0. The van der Waals surface area contributed by atoms with Gasteiger partial charge in [0.1, 0.15) is 0 Å². The van der Waals surface area contributed by atoms with Gasteiger partial charge in [0.15, 0.2) is 11.5 Å². The predicted octanol–water partition coefficient (Wildman–Crippen LogP) is 1.70. The Hall–Kier alpha value is -1.30. The third kappa shape index (κ3) is 4.09. The van der Waals surface area contributed by atoms with Crippen LogP contribution in [0.15, 0.2) is 18.2 Å². The van der Waals surface area contributed by atoms with Gasteiger partial charge >= 0.3 is 5.97 Å². The second kappa shape index (κ2) is 7.33. The van der Waals surface area contributed by atoms with Crippen LogP contribution in [0.2, 0.25) is 0 Å². The molecule has 0 unspecified atom stereocenters. The molecule has 1 aliphatic rings. The van der Waals surface area contributed by atoms with E-state index in [0.717, 1.165) is 18.7 Å². The molecule has 1 N–H and O–H groups in total. The van der Waals surface area contributed by atoms with Crippen molar-refractivity contribution in [3.8, 4) is 11.5 Å². The van der Waals surface area contributed by atoms with E-state index in [1.807, 2.05) is 12.1 Å². The Labute approximate surface area is 118 Å². The van der Waals surface area contributed by atoms with Crippen LogP contribution in [-0.4, -0.2) is 32.8 Å². The van der Waals surface area contributed by atoms with Crippen molar-refractivity contribution in [2.75, 3.05) is 26.9 Å². The minimum Gasteiger partial charge on any atom is -0.493 e. The number of morpholine rings is 1. The van der Waals surface area contributed by atoms with E-state index in [4.69, 9.17) is 14.2 Å². The van der Waals surface area contributed by atoms with Gasteiger partial charge in [-0.1, -0.05) is 6.07 Å². The molecule has 2 rings (SSSR count). The van der Waals surface area contributed by atoms with Crippen molar-refractivity contribution in [1.82, 2.24) is 5.32 Å². The molecule has 0 spiro atoms. The summed E-state index contributed by atoms with van der Waals surface area (Å²) in [5.74, 6) is 0.626. The van der Waals surface area contributed by atoms with Crippen LogP contribution < -0.4 is 14.8 Å². The maximum atomic E-state index is 11.0. The van der Waals surface area contributed by atoms with Crippen LogP contribution in [0.5, 0.6) is 11.5 Å². The summed E-state index contributed by atoms with van der Waals surface area (Å²) in [4.78, 5) is 11.0. The number of hydrogen-bond donors (Lipinski definition) is 1. The first-order valence-corrected chi connectivity index (χ1v) is 5.88. The lowest BCUT2D eigenvalue weighted by Crippen LogP contribution is -2.34. The highest BCUT2D eigenvalue weighted by Crippen LogP contribution is 2.30. The first kappa shape index (κ1) is 15.8. The fourth-order valence-electron chi connectivity index (χ4n) is 1.92. The van der Waals surface area contributed by atoms with Gasteiger partial charge in [-0.25, -0.2) is 0 Å². The van der Waals surface area contributed by atoms with Gasteiger partial charge in [-0.3, -0.25) is 4.79 Å². The topological polar surface area (TPSA) is 56.8 Å². The lowest BCUT2D eigenvalue weighted by atomic mass is 10.1. The average Bonchev–Trinajstić information content (AvgIpc) is 2.39. The highest BCUT2D eigenvalue weighted by atomic mass is 35.5. The van der Waals surface area contributed by atoms with Gasteiger partial charge in [0.25, 0.3) is 0 Å². The molecule has 106 valence electrons. The number of ether oxygens (including phenoxy) is 3. The van der Waals surface area contributed by atoms with E-state index < -0.39 is 0 Å². The molecule has 0 aromatic heterocycles. The predicted molar refractivity (Wildman–Crippen MR) is 73.1 cm³/mol. The molecule has 1 aliphatic heterocycles. The van der Waals surface area contributed by atoms with Crippen LogP contribution in [-0.2, 0) is 9.53 Å². The summed E-state index contributed by atoms with van der Waals surface area (Å²) in [5, 5.41) is 3.36. The summed E-state index contributed by atoms with van der Waals surface area (Å²) in [6, 6.07) is 5.67. The van der Waals surface area contributed by atoms with Crippen molar-refractivity contribution in [2.45, 2.75) is 13.0 Å². The van der Waals surface area contributed by atoms with Gasteiger partial charge in [-0.15, -0.1) is 12.4 Å². The fraction of sp³-hybridized carbons (Fsp3) is 0.462. The van der Waals surface area contributed by atoms with Gasteiger partial charge in [0.05, 0.1) is 26.4 Å². The monoisotopic (exact) mass is 287 g/mol. The lowest BCUT2D eigenvalue weighted by molar-refractivity contribution is -0.132. The number of hydrogen-bond acceptors (Lipinski definition) is 5. The molecule has 0 radical (unpaired) electrons. The number of halogens is 1. The maximum absolute atomic E-state index is 11.0. The van der Waals surface area contributed by atoms with E-state index in [9.17, 15) is 4.79 Å². The molecular weight excluding hydrogens is 270 g/mol. The average molecular weight is 288 g/mol. The highest BCUT2D eigenvalue weighted by molar-refractivity contribution is 5.85. The van der Waals surface area contributed by atoms with E-state index in [2.05, 4.69) is 5.32 Å². The number of esters is 1. The molecule has 1 aromatic carbocycles. The minimum atomic E-state index is -0.361. The second-order valence-electron chi connectivity index (χ2n) is 4.09. The Kier molecular flexibility index (Phi) is 6.08. The third-order valence-electron chi connectivity index (χ3n) is 2.77. The van der Waals surface area contributed by atoms with Gasteiger partial charge in [-0.05, 0) is 17.7 Å². The Bertz CT molecular complexity index is 433. The molecule has 19 heavy (non-hydrogen) atoms. The number of benzene rings is 1. The fourth-order valence-corrected chi connectivity index (χ4v) is 1.92. The van der Waals surface area contributed by atoms with Crippen LogP contribution in [0.4, 0.5) is 0 Å². The van der Waals surface area contributed by atoms with Gasteiger partial charge in [-0.2, -0.15) is 0 Å². The zero-order valence-corrected chi connectivity index (χ0v) is 11.8. The molecule has 1 atom stereocenters. The summed E-state index contributed by atoms with van der Waals surface area (Å²) >= 11 is 0. The van der Waals surface area contributed by atoms with Crippen molar-refractivity contribution in [3.63, 3.8) is 0 Å². The van der Waals surface area contributed by atoms with Crippen LogP contribution in [0, 0.1) is 0 Å². The van der Waals surface area contributed by atoms with Crippen LogP contribution >= 0.6 is 12.4 Å². The SMILES string of the molecule is COc1cc([C@@H]2COCCN2)ccc1OC(C)=O.Cl. The first-order chi connectivity index (χ1) is 8.70. The van der Waals surface area contributed by atoms with Crippen LogP contribution in [0.3, 0.4) is 0 Å². The largest absolute Gasteiger partial charge is 0.493 e. The Balaban J connectivity index is 0.00000180. The zero-order valence-electron chi connectivity index (χ0n) is 11.0. The van der Waals surface area contributed by atoms with Crippen molar-refractivity contribution >= 4 is 18.4 Å². The van der Waals surface area contributed by atoms with E-state index >= 15 is 0 Å². The zero-order chi connectivity index (χ0) is 13.0. The molecule has 0 aliphatic carbocycles. The van der Waals surface area contributed by atoms with Gasteiger partial charge in [0, 0.05) is 13.5 Å². The Morgan fingerprint density at radius 3 is 2.79 bits per heavy atom. The number of nitrogens with one attached hydrogen (secondary N) is 1. The van der Waals surface area contributed by atoms with E-state index in [1.165, 1.54) is 6.92 Å². The summed E-state index contributed by atoms with van der Waals surface area (Å²) in [5.41, 5.74) is 1.06. The van der Waals surface area contributed by atoms with E-state index in [-0.39, 0.29) is 24.4 Å². The van der Waals surface area contributed by atoms with Gasteiger partial charge in [0.2, 0.25) is 0 Å². The highest BCUT2D eigenvalue weighted by Gasteiger charge is 2.17. The summed E-state index contributed by atoms with van der Waals surface area (Å²) in [7, 11) is 1.55. The summed E-state index contributed by atoms with van der Waals surface area (Å²) < 4.78 is 15.7. The van der Waals surface area contributed by atoms with Crippen LogP contribution in [0.25, 0.3) is 0 Å². The second-order valence-corrected chi connectivity index (χ2v) is 4.09. The number of carbonyl (C=O) groups is 1. The molecular formula is C13H18ClNO4. The Morgan fingerprint density at radius 2 is 2.21 bits per heavy atom. The van der Waals surface area contributed by atoms with Crippen molar-refractivity contribution in [3.05, 3.63) is 23.8 Å². The molecule has 6 heteroatoms. The molecule has 1 saturated heterocycles. The standard InChI is InChI=1S/C13H17NO4.ClH/c1-9(15)18-12-4-3-10(7-13(12)16-2)11-8-17-6-5-14-11;/h3-4,7,11,14H,5-6,8H2,1-2H3;1H/t11-;/m0./s1. The maximum Gasteiger partial charge on any atom is 0.308 e. The summed E-state index contributed by atoms with van der Waals surface area (Å²) in [6.07, 6.45) is 0. The van der Waals surface area contributed by atoms with Crippen LogP contribution in [0.1, 0.15) is 18.5 Å². The molecule has 1 heterocycles. The Morgan fingerprint density at radius 1 is 1.42 bits per heavy atom. The molecule has 1 fully saturated rings. The first-order valence-electron chi connectivity index (χ1n) is 5.88. The van der Waals surface area contributed by atoms with E-state index in [1.54, 1.807) is 13.2 Å².